The van der Waals surface area contributed by atoms with E-state index >= 15 is 0 Å². The second-order valence-electron chi connectivity index (χ2n) is 6.03. The molecule has 4 rings (SSSR count). The zero-order valence-electron chi connectivity index (χ0n) is 13.0. The molecule has 0 bridgehead atoms. The molecule has 2 aromatic heterocycles. The summed E-state index contributed by atoms with van der Waals surface area (Å²) in [5.41, 5.74) is 3.89. The molecule has 4 nitrogen and oxygen atoms in total. The number of likely N-dealkylation sites (tertiary alicyclic amines) is 1. The summed E-state index contributed by atoms with van der Waals surface area (Å²) in [4.78, 5) is 21.9. The number of carbonyl (C=O) groups is 1. The maximum atomic E-state index is 12.5. The van der Waals surface area contributed by atoms with Crippen LogP contribution in [0.4, 0.5) is 0 Å². The third kappa shape index (κ3) is 2.61. The van der Waals surface area contributed by atoms with Crippen LogP contribution < -0.4 is 0 Å². The van der Waals surface area contributed by atoms with Gasteiger partial charge in [0.15, 0.2) is 0 Å². The molecule has 3 heterocycles. The average molecular weight is 305 g/mol. The lowest BCUT2D eigenvalue weighted by Crippen LogP contribution is -2.35. The van der Waals surface area contributed by atoms with Crippen LogP contribution in [0.2, 0.25) is 0 Å². The van der Waals surface area contributed by atoms with E-state index in [2.05, 4.69) is 9.97 Å². The van der Waals surface area contributed by atoms with Gasteiger partial charge in [0.1, 0.15) is 5.65 Å². The van der Waals surface area contributed by atoms with E-state index in [1.54, 1.807) is 6.20 Å². The van der Waals surface area contributed by atoms with Crippen LogP contribution in [0.25, 0.3) is 22.2 Å². The summed E-state index contributed by atoms with van der Waals surface area (Å²) < 4.78 is 0. The van der Waals surface area contributed by atoms with E-state index in [1.165, 1.54) is 6.42 Å². The molecule has 0 saturated carbocycles. The van der Waals surface area contributed by atoms with Gasteiger partial charge in [-0.3, -0.25) is 4.79 Å². The summed E-state index contributed by atoms with van der Waals surface area (Å²) in [6.45, 7) is 1.77. The molecular formula is C19H19N3O. The van der Waals surface area contributed by atoms with Gasteiger partial charge >= 0.3 is 0 Å². The van der Waals surface area contributed by atoms with Crippen LogP contribution in [-0.4, -0.2) is 33.9 Å². The van der Waals surface area contributed by atoms with E-state index < -0.39 is 0 Å². The van der Waals surface area contributed by atoms with Gasteiger partial charge in [-0.15, -0.1) is 0 Å². The molecule has 1 fully saturated rings. The Morgan fingerprint density at radius 1 is 1.00 bits per heavy atom. The number of benzene rings is 1. The number of hydrogen-bond acceptors (Lipinski definition) is 2. The van der Waals surface area contributed by atoms with Crippen molar-refractivity contribution in [3.05, 3.63) is 54.4 Å². The Morgan fingerprint density at radius 2 is 1.78 bits per heavy atom. The fraction of sp³-hybridized carbons (Fsp3) is 0.263. The first-order valence-electron chi connectivity index (χ1n) is 8.15. The Balaban J connectivity index is 1.63. The zero-order chi connectivity index (χ0) is 15.6. The summed E-state index contributed by atoms with van der Waals surface area (Å²) in [6.07, 6.45) is 7.17. The Hall–Kier alpha value is -2.62. The summed E-state index contributed by atoms with van der Waals surface area (Å²) in [6, 6.07) is 12.0. The largest absolute Gasteiger partial charge is 0.346 e. The monoisotopic (exact) mass is 305 g/mol. The van der Waals surface area contributed by atoms with E-state index in [9.17, 15) is 4.79 Å². The Bertz CT molecular complexity index is 829. The highest BCUT2D eigenvalue weighted by Crippen LogP contribution is 2.27. The summed E-state index contributed by atoms with van der Waals surface area (Å²) >= 11 is 0. The number of nitrogens with zero attached hydrogens (tertiary/aromatic N) is 2. The number of carbonyl (C=O) groups excluding carboxylic acids is 1. The predicted octanol–water partition coefficient (Wildman–Crippen LogP) is 3.86. The van der Waals surface area contributed by atoms with Gasteiger partial charge in [-0.05, 0) is 54.7 Å². The number of pyridine rings is 1. The number of amides is 1. The molecule has 1 aliphatic rings. The molecule has 3 aromatic rings. The van der Waals surface area contributed by atoms with E-state index in [-0.39, 0.29) is 5.91 Å². The lowest BCUT2D eigenvalue weighted by atomic mass is 10.0. The van der Waals surface area contributed by atoms with Crippen LogP contribution in [0.15, 0.2) is 48.8 Å². The molecule has 0 radical (unpaired) electrons. The standard InChI is InChI=1S/C19H19N3O/c23-19(22-12-2-1-3-13-22)15-6-4-14(5-7-15)16-8-10-20-18-17(16)9-11-21-18/h4-11H,1-3,12-13H2,(H,20,21). The minimum atomic E-state index is 0.151. The Morgan fingerprint density at radius 3 is 2.57 bits per heavy atom. The van der Waals surface area contributed by atoms with Gasteiger partial charge in [0.2, 0.25) is 0 Å². The van der Waals surface area contributed by atoms with Crippen molar-refractivity contribution in [1.82, 2.24) is 14.9 Å². The van der Waals surface area contributed by atoms with Crippen molar-refractivity contribution in [2.24, 2.45) is 0 Å². The van der Waals surface area contributed by atoms with E-state index in [0.29, 0.717) is 0 Å². The number of H-pyrrole nitrogens is 1. The highest BCUT2D eigenvalue weighted by molar-refractivity contribution is 5.96. The van der Waals surface area contributed by atoms with Crippen molar-refractivity contribution in [2.75, 3.05) is 13.1 Å². The third-order valence-corrected chi connectivity index (χ3v) is 4.55. The van der Waals surface area contributed by atoms with Crippen LogP contribution in [0.1, 0.15) is 29.6 Å². The maximum Gasteiger partial charge on any atom is 0.253 e. The van der Waals surface area contributed by atoms with Crippen LogP contribution in [0.5, 0.6) is 0 Å². The number of aromatic amines is 1. The van der Waals surface area contributed by atoms with Gasteiger partial charge in [-0.1, -0.05) is 12.1 Å². The van der Waals surface area contributed by atoms with Crippen LogP contribution in [-0.2, 0) is 0 Å². The normalized spacial score (nSPS) is 15.0. The summed E-state index contributed by atoms with van der Waals surface area (Å²) in [5.74, 6) is 0.151. The van der Waals surface area contributed by atoms with E-state index in [4.69, 9.17) is 0 Å². The second-order valence-corrected chi connectivity index (χ2v) is 6.03. The zero-order valence-corrected chi connectivity index (χ0v) is 13.0. The van der Waals surface area contributed by atoms with Crippen molar-refractivity contribution in [1.29, 1.82) is 0 Å². The minimum Gasteiger partial charge on any atom is -0.346 e. The minimum absolute atomic E-state index is 0.151. The summed E-state index contributed by atoms with van der Waals surface area (Å²) in [5, 5.41) is 1.10. The molecule has 4 heteroatoms. The van der Waals surface area contributed by atoms with Gasteiger partial charge < -0.3 is 9.88 Å². The fourth-order valence-corrected chi connectivity index (χ4v) is 3.28. The number of aromatic nitrogens is 2. The Kier molecular flexibility index (Phi) is 3.58. The molecule has 1 saturated heterocycles. The number of piperidine rings is 1. The van der Waals surface area contributed by atoms with Gasteiger partial charge in [0.05, 0.1) is 0 Å². The van der Waals surface area contributed by atoms with Crippen molar-refractivity contribution < 1.29 is 4.79 Å². The molecule has 0 unspecified atom stereocenters. The topological polar surface area (TPSA) is 49.0 Å². The molecule has 1 amide bonds. The molecule has 1 aliphatic heterocycles. The first kappa shape index (κ1) is 14.0. The van der Waals surface area contributed by atoms with Crippen molar-refractivity contribution in [3.63, 3.8) is 0 Å². The quantitative estimate of drug-likeness (QED) is 0.781. The fourth-order valence-electron chi connectivity index (χ4n) is 3.28. The predicted molar refractivity (Wildman–Crippen MR) is 91.3 cm³/mol. The number of nitrogens with one attached hydrogen (secondary N) is 1. The first-order valence-corrected chi connectivity index (χ1v) is 8.15. The first-order chi connectivity index (χ1) is 11.3. The van der Waals surface area contributed by atoms with Crippen molar-refractivity contribution in [2.45, 2.75) is 19.3 Å². The Labute approximate surface area is 135 Å². The molecule has 23 heavy (non-hydrogen) atoms. The lowest BCUT2D eigenvalue weighted by Gasteiger charge is -2.26. The molecule has 0 spiro atoms. The second kappa shape index (κ2) is 5.88. The van der Waals surface area contributed by atoms with E-state index in [0.717, 1.165) is 53.7 Å². The third-order valence-electron chi connectivity index (χ3n) is 4.55. The number of fused-ring (bicyclic) bond motifs is 1. The molecule has 0 aliphatic carbocycles. The number of rotatable bonds is 2. The smallest absolute Gasteiger partial charge is 0.253 e. The summed E-state index contributed by atoms with van der Waals surface area (Å²) in [7, 11) is 0. The van der Waals surface area contributed by atoms with Crippen molar-refractivity contribution >= 4 is 16.9 Å². The van der Waals surface area contributed by atoms with Crippen LogP contribution >= 0.6 is 0 Å². The highest BCUT2D eigenvalue weighted by Gasteiger charge is 2.18. The molecule has 0 atom stereocenters. The molecule has 1 aromatic carbocycles. The molecule has 1 N–H and O–H groups in total. The van der Waals surface area contributed by atoms with Gasteiger partial charge in [0.25, 0.3) is 5.91 Å². The average Bonchev–Trinajstić information content (AvgIpc) is 3.11. The number of hydrogen-bond donors (Lipinski definition) is 1. The molecule has 116 valence electrons. The van der Waals surface area contributed by atoms with Crippen LogP contribution in [0, 0.1) is 0 Å². The SMILES string of the molecule is O=C(c1ccc(-c2ccnc3[nH]ccc23)cc1)N1CCCCC1. The molecular weight excluding hydrogens is 286 g/mol. The highest BCUT2D eigenvalue weighted by atomic mass is 16.2. The lowest BCUT2D eigenvalue weighted by molar-refractivity contribution is 0.0724. The van der Waals surface area contributed by atoms with Crippen LogP contribution in [0.3, 0.4) is 0 Å². The van der Waals surface area contributed by atoms with Gasteiger partial charge in [-0.2, -0.15) is 0 Å². The van der Waals surface area contributed by atoms with E-state index in [1.807, 2.05) is 47.5 Å². The maximum absolute atomic E-state index is 12.5. The van der Waals surface area contributed by atoms with Gasteiger partial charge in [0, 0.05) is 36.4 Å². The van der Waals surface area contributed by atoms with Crippen molar-refractivity contribution in [3.8, 4) is 11.1 Å². The van der Waals surface area contributed by atoms with Gasteiger partial charge in [-0.25, -0.2) is 4.98 Å².